The highest BCUT2D eigenvalue weighted by molar-refractivity contribution is 5.93. The van der Waals surface area contributed by atoms with Crippen LogP contribution in [-0.2, 0) is 6.54 Å². The minimum atomic E-state index is -0.0386. The number of rotatable bonds is 3. The number of allylic oxidation sites excluding steroid dienone is 1. The van der Waals surface area contributed by atoms with E-state index in [0.29, 0.717) is 17.8 Å². The van der Waals surface area contributed by atoms with Crippen molar-refractivity contribution in [3.63, 3.8) is 0 Å². The topological polar surface area (TPSA) is 45.8 Å². The highest BCUT2D eigenvalue weighted by Gasteiger charge is 2.07. The van der Waals surface area contributed by atoms with E-state index in [1.807, 2.05) is 6.07 Å². The molecule has 1 heterocycles. The zero-order chi connectivity index (χ0) is 9.84. The van der Waals surface area contributed by atoms with Crippen LogP contribution < -0.4 is 0 Å². The van der Waals surface area contributed by atoms with Crippen molar-refractivity contribution in [2.45, 2.75) is 13.5 Å². The van der Waals surface area contributed by atoms with Gasteiger partial charge in [0.2, 0.25) is 0 Å². The predicted octanol–water partition coefficient (Wildman–Crippen LogP) is 1.75. The van der Waals surface area contributed by atoms with Crippen LogP contribution in [0.5, 0.6) is 0 Å². The summed E-state index contributed by atoms with van der Waals surface area (Å²) < 4.78 is 1.72. The summed E-state index contributed by atoms with van der Waals surface area (Å²) in [7, 11) is 0. The number of hydrogen-bond acceptors (Lipinski definition) is 2. The van der Waals surface area contributed by atoms with Gasteiger partial charge in [-0.1, -0.05) is 6.08 Å². The highest BCUT2D eigenvalue weighted by atomic mass is 16.1. The van der Waals surface area contributed by atoms with Gasteiger partial charge in [0.15, 0.2) is 5.78 Å². The molecule has 1 aromatic heterocycles. The van der Waals surface area contributed by atoms with Crippen molar-refractivity contribution in [3.8, 4) is 6.07 Å². The predicted molar refractivity (Wildman–Crippen MR) is 49.3 cm³/mol. The number of ketones is 1. The Kier molecular flexibility index (Phi) is 2.65. The lowest BCUT2D eigenvalue weighted by molar-refractivity contribution is 0.100. The second-order valence-electron chi connectivity index (χ2n) is 2.72. The van der Waals surface area contributed by atoms with Crippen LogP contribution in [0.3, 0.4) is 0 Å². The molecule has 13 heavy (non-hydrogen) atoms. The molecule has 0 fully saturated rings. The highest BCUT2D eigenvalue weighted by Crippen LogP contribution is 2.08. The van der Waals surface area contributed by atoms with E-state index in [0.717, 1.165) is 0 Å². The van der Waals surface area contributed by atoms with Gasteiger partial charge in [0.25, 0.3) is 0 Å². The number of carbonyl (C=O) groups excluding carboxylic acids is 1. The smallest absolute Gasteiger partial charge is 0.176 e. The second kappa shape index (κ2) is 3.72. The molecule has 0 radical (unpaired) electrons. The molecule has 66 valence electrons. The van der Waals surface area contributed by atoms with E-state index < -0.39 is 0 Å². The van der Waals surface area contributed by atoms with Gasteiger partial charge in [-0.15, -0.1) is 6.58 Å². The average Bonchev–Trinajstić information content (AvgIpc) is 2.48. The average molecular weight is 174 g/mol. The van der Waals surface area contributed by atoms with Gasteiger partial charge < -0.3 is 4.57 Å². The molecular weight excluding hydrogens is 164 g/mol. The van der Waals surface area contributed by atoms with Crippen LogP contribution in [-0.4, -0.2) is 10.4 Å². The second-order valence-corrected chi connectivity index (χ2v) is 2.72. The Labute approximate surface area is 76.9 Å². The van der Waals surface area contributed by atoms with Gasteiger partial charge in [-0.25, -0.2) is 0 Å². The molecule has 0 aliphatic rings. The summed E-state index contributed by atoms with van der Waals surface area (Å²) in [4.78, 5) is 11.1. The Hall–Kier alpha value is -1.82. The van der Waals surface area contributed by atoms with Gasteiger partial charge in [-0.2, -0.15) is 5.26 Å². The zero-order valence-electron chi connectivity index (χ0n) is 7.45. The van der Waals surface area contributed by atoms with Crippen molar-refractivity contribution in [3.05, 3.63) is 36.2 Å². The molecule has 0 N–H and O–H groups in total. The maximum atomic E-state index is 11.1. The third-order valence-corrected chi connectivity index (χ3v) is 1.71. The van der Waals surface area contributed by atoms with Crippen LogP contribution in [0.15, 0.2) is 24.9 Å². The molecule has 3 heteroatoms. The fraction of sp³-hybridized carbons (Fsp3) is 0.200. The normalized spacial score (nSPS) is 9.23. The molecule has 0 bridgehead atoms. The molecule has 0 atom stereocenters. The Morgan fingerprint density at radius 1 is 1.85 bits per heavy atom. The lowest BCUT2D eigenvalue weighted by Gasteiger charge is -2.01. The Morgan fingerprint density at radius 3 is 3.00 bits per heavy atom. The van der Waals surface area contributed by atoms with Crippen molar-refractivity contribution >= 4 is 5.78 Å². The number of carbonyl (C=O) groups is 1. The van der Waals surface area contributed by atoms with Gasteiger partial charge in [-0.3, -0.25) is 4.79 Å². The maximum Gasteiger partial charge on any atom is 0.176 e. The molecule has 0 spiro atoms. The van der Waals surface area contributed by atoms with E-state index in [1.54, 1.807) is 22.9 Å². The first kappa shape index (κ1) is 9.27. The fourth-order valence-corrected chi connectivity index (χ4v) is 1.16. The summed E-state index contributed by atoms with van der Waals surface area (Å²) in [5.74, 6) is -0.0386. The van der Waals surface area contributed by atoms with E-state index in [4.69, 9.17) is 5.26 Å². The summed E-state index contributed by atoms with van der Waals surface area (Å²) in [6.07, 6.45) is 3.34. The number of hydrogen-bond donors (Lipinski definition) is 0. The minimum Gasteiger partial charge on any atom is -0.340 e. The number of aromatic nitrogens is 1. The number of nitriles is 1. The number of Topliss-reactive ketones (excluding diaryl/α,β-unsaturated/α-hetero) is 1. The van der Waals surface area contributed by atoms with Crippen LogP contribution >= 0.6 is 0 Å². The largest absolute Gasteiger partial charge is 0.340 e. The summed E-state index contributed by atoms with van der Waals surface area (Å²) in [6, 6.07) is 3.58. The van der Waals surface area contributed by atoms with Crippen LogP contribution in [0.1, 0.15) is 23.0 Å². The SMILES string of the molecule is C=CCn1cc(C#N)cc1C(C)=O. The molecule has 1 rings (SSSR count). The summed E-state index contributed by atoms with van der Waals surface area (Å²) in [6.45, 7) is 5.61. The third-order valence-electron chi connectivity index (χ3n) is 1.71. The van der Waals surface area contributed by atoms with E-state index in [1.165, 1.54) is 6.92 Å². The molecule has 0 saturated carbocycles. The first-order chi connectivity index (χ1) is 6.19. The lowest BCUT2D eigenvalue weighted by Crippen LogP contribution is -2.03. The van der Waals surface area contributed by atoms with Crippen molar-refractivity contribution in [2.24, 2.45) is 0 Å². The van der Waals surface area contributed by atoms with E-state index >= 15 is 0 Å². The number of nitrogens with zero attached hydrogens (tertiary/aromatic N) is 2. The molecule has 0 saturated heterocycles. The molecule has 0 aliphatic carbocycles. The van der Waals surface area contributed by atoms with Gasteiger partial charge in [-0.05, 0) is 6.07 Å². The monoisotopic (exact) mass is 174 g/mol. The fourth-order valence-electron chi connectivity index (χ4n) is 1.16. The Balaban J connectivity index is 3.16. The summed E-state index contributed by atoms with van der Waals surface area (Å²) in [5, 5.41) is 8.62. The molecule has 1 aromatic rings. The molecule has 0 amide bonds. The van der Waals surface area contributed by atoms with E-state index in [9.17, 15) is 4.79 Å². The quantitative estimate of drug-likeness (QED) is 0.517. The van der Waals surface area contributed by atoms with Gasteiger partial charge in [0, 0.05) is 19.7 Å². The Bertz CT molecular complexity index is 382. The van der Waals surface area contributed by atoms with Crippen LogP contribution in [0.2, 0.25) is 0 Å². The van der Waals surface area contributed by atoms with Crippen molar-refractivity contribution in [1.82, 2.24) is 4.57 Å². The van der Waals surface area contributed by atoms with Gasteiger partial charge >= 0.3 is 0 Å². The van der Waals surface area contributed by atoms with Gasteiger partial charge in [0.05, 0.1) is 11.3 Å². The van der Waals surface area contributed by atoms with Crippen LogP contribution in [0.4, 0.5) is 0 Å². The standard InChI is InChI=1S/C10H10N2O/c1-3-4-12-7-9(6-11)5-10(12)8(2)13/h3,5,7H,1,4H2,2H3. The van der Waals surface area contributed by atoms with Crippen LogP contribution in [0.25, 0.3) is 0 Å². The molecule has 3 nitrogen and oxygen atoms in total. The first-order valence-electron chi connectivity index (χ1n) is 3.91. The van der Waals surface area contributed by atoms with Gasteiger partial charge in [0.1, 0.15) is 6.07 Å². The maximum absolute atomic E-state index is 11.1. The van der Waals surface area contributed by atoms with E-state index in [2.05, 4.69) is 6.58 Å². The lowest BCUT2D eigenvalue weighted by atomic mass is 10.3. The Morgan fingerprint density at radius 2 is 2.54 bits per heavy atom. The van der Waals surface area contributed by atoms with Crippen molar-refractivity contribution in [1.29, 1.82) is 5.26 Å². The zero-order valence-corrected chi connectivity index (χ0v) is 7.45. The third kappa shape index (κ3) is 1.85. The summed E-state index contributed by atoms with van der Waals surface area (Å²) >= 11 is 0. The minimum absolute atomic E-state index is 0.0386. The molecule has 0 unspecified atom stereocenters. The van der Waals surface area contributed by atoms with E-state index in [-0.39, 0.29) is 5.78 Å². The van der Waals surface area contributed by atoms with Crippen LogP contribution in [0, 0.1) is 11.3 Å². The molecule has 0 aliphatic heterocycles. The van der Waals surface area contributed by atoms with Crippen molar-refractivity contribution in [2.75, 3.05) is 0 Å². The van der Waals surface area contributed by atoms with Crippen molar-refractivity contribution < 1.29 is 4.79 Å². The molecule has 0 aromatic carbocycles. The molecular formula is C10H10N2O. The first-order valence-corrected chi connectivity index (χ1v) is 3.91. The summed E-state index contributed by atoms with van der Waals surface area (Å²) in [5.41, 5.74) is 1.06.